The van der Waals surface area contributed by atoms with E-state index in [2.05, 4.69) is 5.32 Å². The third-order valence-electron chi connectivity index (χ3n) is 6.37. The molecule has 0 saturated heterocycles. The average molecular weight is 526 g/mol. The minimum absolute atomic E-state index is 0.0210. The summed E-state index contributed by atoms with van der Waals surface area (Å²) in [5.74, 6) is -1.23. The summed E-state index contributed by atoms with van der Waals surface area (Å²) in [7, 11) is 1.51. The molecule has 0 spiro atoms. The highest BCUT2D eigenvalue weighted by Crippen LogP contribution is 2.43. The predicted octanol–water partition coefficient (Wildman–Crippen LogP) is 4.87. The van der Waals surface area contributed by atoms with Gasteiger partial charge in [0, 0.05) is 17.2 Å². The first-order valence-corrected chi connectivity index (χ1v) is 12.3. The van der Waals surface area contributed by atoms with Gasteiger partial charge in [-0.2, -0.15) is 0 Å². The molecule has 3 N–H and O–H groups in total. The standard InChI is InChI=1S/C28H31NO9/c1-14(2)12-18(26(32)33)29-27(34)37-25-22(31)21-19(30)13-20-17(10-11-28(3,4)38-20)24(21)36-23(25)15-6-8-16(35-5)9-7-15/h6-9,13-14,18,30H,10-12H2,1-5H3,(H,29,34)(H,32,33)/t18-/m0/s1. The topological polar surface area (TPSA) is 145 Å². The monoisotopic (exact) mass is 525 g/mol. The fourth-order valence-electron chi connectivity index (χ4n) is 4.44. The molecule has 1 aliphatic heterocycles. The van der Waals surface area contributed by atoms with Gasteiger partial charge in [0.2, 0.25) is 11.2 Å². The lowest BCUT2D eigenvalue weighted by Crippen LogP contribution is -2.43. The van der Waals surface area contributed by atoms with Gasteiger partial charge < -0.3 is 34.2 Å². The zero-order valence-electron chi connectivity index (χ0n) is 21.9. The van der Waals surface area contributed by atoms with Crippen LogP contribution in [0.4, 0.5) is 4.79 Å². The molecule has 1 amide bonds. The van der Waals surface area contributed by atoms with E-state index in [0.29, 0.717) is 35.5 Å². The molecule has 1 atom stereocenters. The van der Waals surface area contributed by atoms with Crippen LogP contribution < -0.4 is 25.0 Å². The van der Waals surface area contributed by atoms with Crippen LogP contribution in [0.25, 0.3) is 22.3 Å². The molecule has 1 aliphatic rings. The Morgan fingerprint density at radius 3 is 2.47 bits per heavy atom. The Bertz CT molecular complexity index is 1440. The second kappa shape index (κ2) is 10.3. The number of nitrogens with one attached hydrogen (secondary N) is 1. The highest BCUT2D eigenvalue weighted by atomic mass is 16.6. The van der Waals surface area contributed by atoms with E-state index >= 15 is 0 Å². The summed E-state index contributed by atoms with van der Waals surface area (Å²) in [5, 5.41) is 22.4. The van der Waals surface area contributed by atoms with Crippen LogP contribution in [-0.2, 0) is 11.2 Å². The molecule has 4 rings (SSSR count). The third-order valence-corrected chi connectivity index (χ3v) is 6.37. The zero-order valence-corrected chi connectivity index (χ0v) is 21.9. The van der Waals surface area contributed by atoms with Gasteiger partial charge in [-0.15, -0.1) is 0 Å². The molecule has 0 radical (unpaired) electrons. The second-order valence-corrected chi connectivity index (χ2v) is 10.3. The Morgan fingerprint density at radius 2 is 1.87 bits per heavy atom. The second-order valence-electron chi connectivity index (χ2n) is 10.3. The Hall–Kier alpha value is -4.21. The summed E-state index contributed by atoms with van der Waals surface area (Å²) in [6.07, 6.45) is 0.196. The number of phenols is 1. The average Bonchev–Trinajstić information content (AvgIpc) is 2.83. The predicted molar refractivity (Wildman–Crippen MR) is 139 cm³/mol. The van der Waals surface area contributed by atoms with Crippen molar-refractivity contribution in [2.45, 2.75) is 58.6 Å². The minimum atomic E-state index is -1.23. The Kier molecular flexibility index (Phi) is 7.26. The number of hydrogen-bond donors (Lipinski definition) is 3. The normalized spacial score (nSPS) is 14.9. The number of methoxy groups -OCH3 is 1. The van der Waals surface area contributed by atoms with Gasteiger partial charge in [0.25, 0.3) is 0 Å². The van der Waals surface area contributed by atoms with Gasteiger partial charge >= 0.3 is 12.1 Å². The van der Waals surface area contributed by atoms with Crippen molar-refractivity contribution in [3.8, 4) is 34.3 Å². The highest BCUT2D eigenvalue weighted by molar-refractivity contribution is 5.92. The largest absolute Gasteiger partial charge is 0.507 e. The summed E-state index contributed by atoms with van der Waals surface area (Å²) < 4.78 is 22.8. The fourth-order valence-corrected chi connectivity index (χ4v) is 4.44. The van der Waals surface area contributed by atoms with Crippen LogP contribution >= 0.6 is 0 Å². The van der Waals surface area contributed by atoms with E-state index in [9.17, 15) is 24.6 Å². The van der Waals surface area contributed by atoms with Crippen molar-refractivity contribution in [1.82, 2.24) is 5.32 Å². The number of carbonyl (C=O) groups is 2. The van der Waals surface area contributed by atoms with Crippen molar-refractivity contribution in [2.75, 3.05) is 7.11 Å². The van der Waals surface area contributed by atoms with Crippen molar-refractivity contribution < 1.29 is 38.4 Å². The Labute approximate surface area is 219 Å². The van der Waals surface area contributed by atoms with Crippen LogP contribution in [-0.4, -0.2) is 41.0 Å². The quantitative estimate of drug-likeness (QED) is 0.393. The van der Waals surface area contributed by atoms with E-state index in [0.717, 1.165) is 0 Å². The highest BCUT2D eigenvalue weighted by Gasteiger charge is 2.32. The maximum absolute atomic E-state index is 13.7. The molecule has 10 nitrogen and oxygen atoms in total. The molecule has 3 aromatic rings. The number of carboxylic acid groups (broad SMARTS) is 1. The molecule has 0 unspecified atom stereocenters. The van der Waals surface area contributed by atoms with E-state index in [1.807, 2.05) is 27.7 Å². The van der Waals surface area contributed by atoms with Gasteiger partial charge in [0.15, 0.2) is 5.76 Å². The molecule has 10 heteroatoms. The van der Waals surface area contributed by atoms with Crippen molar-refractivity contribution in [3.63, 3.8) is 0 Å². The van der Waals surface area contributed by atoms with E-state index in [1.165, 1.54) is 13.2 Å². The Morgan fingerprint density at radius 1 is 1.18 bits per heavy atom. The van der Waals surface area contributed by atoms with Crippen molar-refractivity contribution in [2.24, 2.45) is 5.92 Å². The number of carboxylic acids is 1. The number of aromatic hydroxyl groups is 1. The number of rotatable bonds is 7. The minimum Gasteiger partial charge on any atom is -0.507 e. The number of hydrogen-bond acceptors (Lipinski definition) is 8. The van der Waals surface area contributed by atoms with E-state index < -0.39 is 34.9 Å². The molecule has 1 aromatic heterocycles. The molecule has 0 saturated carbocycles. The first kappa shape index (κ1) is 26.8. The number of fused-ring (bicyclic) bond motifs is 3. The summed E-state index contributed by atoms with van der Waals surface area (Å²) in [5.41, 5.74) is -0.110. The number of aliphatic carboxylic acids is 1. The maximum Gasteiger partial charge on any atom is 0.413 e. The molecule has 0 fully saturated rings. The lowest BCUT2D eigenvalue weighted by molar-refractivity contribution is -0.139. The van der Waals surface area contributed by atoms with Gasteiger partial charge in [-0.05, 0) is 63.3 Å². The SMILES string of the molecule is COc1ccc(-c2oc3c4c(cc(O)c3c(=O)c2OC(=O)N[C@@H](CC(C)C)C(=O)O)OC(C)(C)CC4)cc1. The molecule has 202 valence electrons. The molecule has 38 heavy (non-hydrogen) atoms. The van der Waals surface area contributed by atoms with E-state index in [1.54, 1.807) is 24.3 Å². The van der Waals surface area contributed by atoms with E-state index in [-0.39, 0.29) is 34.8 Å². The molecular weight excluding hydrogens is 494 g/mol. The third kappa shape index (κ3) is 5.39. The van der Waals surface area contributed by atoms with Gasteiger partial charge in [0.1, 0.15) is 39.9 Å². The van der Waals surface area contributed by atoms with Crippen LogP contribution in [0.1, 0.15) is 46.1 Å². The Balaban J connectivity index is 1.87. The van der Waals surface area contributed by atoms with Crippen molar-refractivity contribution in [3.05, 3.63) is 46.1 Å². The van der Waals surface area contributed by atoms with Crippen LogP contribution in [0.3, 0.4) is 0 Å². The lowest BCUT2D eigenvalue weighted by atomic mass is 9.92. The number of benzene rings is 2. The number of ether oxygens (including phenoxy) is 3. The molecule has 2 heterocycles. The van der Waals surface area contributed by atoms with Gasteiger partial charge in [-0.3, -0.25) is 4.79 Å². The van der Waals surface area contributed by atoms with E-state index in [4.69, 9.17) is 18.6 Å². The number of carbonyl (C=O) groups excluding carboxylic acids is 1. The maximum atomic E-state index is 13.7. The van der Waals surface area contributed by atoms with Gasteiger partial charge in [-0.25, -0.2) is 9.59 Å². The number of aryl methyl sites for hydroxylation is 1. The van der Waals surface area contributed by atoms with Crippen LogP contribution in [0, 0.1) is 5.92 Å². The molecule has 2 aromatic carbocycles. The summed E-state index contributed by atoms with van der Waals surface area (Å²) >= 11 is 0. The van der Waals surface area contributed by atoms with Crippen LogP contribution in [0.5, 0.6) is 23.0 Å². The molecule has 0 bridgehead atoms. The summed E-state index contributed by atoms with van der Waals surface area (Å²) in [6.45, 7) is 7.48. The summed E-state index contributed by atoms with van der Waals surface area (Å²) in [4.78, 5) is 38.1. The summed E-state index contributed by atoms with van der Waals surface area (Å²) in [6, 6.07) is 6.69. The van der Waals surface area contributed by atoms with Crippen LogP contribution in [0.15, 0.2) is 39.5 Å². The van der Waals surface area contributed by atoms with Crippen molar-refractivity contribution >= 4 is 23.0 Å². The smallest absolute Gasteiger partial charge is 0.413 e. The van der Waals surface area contributed by atoms with Gasteiger partial charge in [0.05, 0.1) is 7.11 Å². The lowest BCUT2D eigenvalue weighted by Gasteiger charge is -2.32. The van der Waals surface area contributed by atoms with Crippen LogP contribution in [0.2, 0.25) is 0 Å². The number of amides is 1. The number of phenolic OH excluding ortho intramolecular Hbond substituents is 1. The fraction of sp³-hybridized carbons (Fsp3) is 0.393. The van der Waals surface area contributed by atoms with Crippen molar-refractivity contribution in [1.29, 1.82) is 0 Å². The first-order chi connectivity index (χ1) is 17.9. The first-order valence-electron chi connectivity index (χ1n) is 12.3. The molecular formula is C28H31NO9. The molecule has 0 aliphatic carbocycles. The van der Waals surface area contributed by atoms with Gasteiger partial charge in [-0.1, -0.05) is 13.8 Å². The zero-order chi connectivity index (χ0) is 27.8.